The molecule has 3 rings (SSSR count). The number of aryl methyl sites for hydroxylation is 1. The second-order valence-electron chi connectivity index (χ2n) is 7.11. The minimum atomic E-state index is -0.490. The number of hydrogen-bond donors (Lipinski definition) is 0. The van der Waals surface area contributed by atoms with Crippen LogP contribution in [0.15, 0.2) is 18.3 Å². The third kappa shape index (κ3) is 3.30. The van der Waals surface area contributed by atoms with Crippen LogP contribution in [0.25, 0.3) is 5.65 Å². The summed E-state index contributed by atoms with van der Waals surface area (Å²) < 4.78 is 7.39. The summed E-state index contributed by atoms with van der Waals surface area (Å²) in [5.74, 6) is 0. The molecular weight excluding hydrogens is 292 g/mol. The van der Waals surface area contributed by atoms with Gasteiger partial charge in [-0.1, -0.05) is 0 Å². The lowest BCUT2D eigenvalue weighted by atomic mass is 10.00. The molecule has 124 valence electrons. The minimum Gasteiger partial charge on any atom is -0.444 e. The van der Waals surface area contributed by atoms with Crippen LogP contribution in [0.5, 0.6) is 0 Å². The molecule has 0 spiro atoms. The van der Waals surface area contributed by atoms with Gasteiger partial charge in [0.2, 0.25) is 0 Å². The number of piperidine rings is 1. The maximum atomic E-state index is 12.5. The number of carbonyl (C=O) groups is 1. The smallest absolute Gasteiger partial charge is 0.410 e. The van der Waals surface area contributed by atoms with Crippen LogP contribution in [-0.4, -0.2) is 37.7 Å². The minimum absolute atomic E-state index is 0.0419. The van der Waals surface area contributed by atoms with Crippen LogP contribution in [-0.2, 0) is 4.74 Å². The molecular formula is C17H24N4O2. The van der Waals surface area contributed by atoms with Crippen molar-refractivity contribution in [1.82, 2.24) is 19.5 Å². The molecule has 0 aliphatic carbocycles. The third-order valence-corrected chi connectivity index (χ3v) is 4.04. The number of amides is 1. The monoisotopic (exact) mass is 316 g/mol. The Morgan fingerprint density at radius 2 is 2.13 bits per heavy atom. The van der Waals surface area contributed by atoms with Crippen LogP contribution in [0.2, 0.25) is 0 Å². The third-order valence-electron chi connectivity index (χ3n) is 4.04. The van der Waals surface area contributed by atoms with E-state index >= 15 is 0 Å². The topological polar surface area (TPSA) is 59.7 Å². The molecule has 1 atom stereocenters. The summed E-state index contributed by atoms with van der Waals surface area (Å²) in [6.07, 6.45) is 4.51. The number of rotatable bonds is 1. The summed E-state index contributed by atoms with van der Waals surface area (Å²) >= 11 is 0. The quantitative estimate of drug-likeness (QED) is 0.808. The van der Waals surface area contributed by atoms with Crippen molar-refractivity contribution in [3.05, 3.63) is 29.7 Å². The van der Waals surface area contributed by atoms with Gasteiger partial charge in [-0.3, -0.25) is 4.90 Å². The lowest BCUT2D eigenvalue weighted by Crippen LogP contribution is -2.42. The molecule has 1 unspecified atom stereocenters. The van der Waals surface area contributed by atoms with Gasteiger partial charge in [0.05, 0.1) is 11.7 Å². The van der Waals surface area contributed by atoms with Crippen molar-refractivity contribution in [1.29, 1.82) is 0 Å². The van der Waals surface area contributed by atoms with Gasteiger partial charge in [0.1, 0.15) is 5.60 Å². The zero-order valence-electron chi connectivity index (χ0n) is 14.2. The summed E-state index contributed by atoms with van der Waals surface area (Å²) in [7, 11) is 0. The Morgan fingerprint density at radius 3 is 2.83 bits per heavy atom. The van der Waals surface area contributed by atoms with Gasteiger partial charge >= 0.3 is 6.09 Å². The molecule has 0 saturated carbocycles. The lowest BCUT2D eigenvalue weighted by molar-refractivity contribution is 0.00898. The molecule has 23 heavy (non-hydrogen) atoms. The van der Waals surface area contributed by atoms with Gasteiger partial charge in [-0.25, -0.2) is 14.3 Å². The van der Waals surface area contributed by atoms with E-state index in [9.17, 15) is 4.79 Å². The molecule has 0 bridgehead atoms. The first-order chi connectivity index (χ1) is 10.8. The summed E-state index contributed by atoms with van der Waals surface area (Å²) in [5.41, 5.74) is 2.24. The van der Waals surface area contributed by atoms with Gasteiger partial charge in [0, 0.05) is 24.5 Å². The number of carbonyl (C=O) groups excluding carboxylic acids is 1. The van der Waals surface area contributed by atoms with E-state index in [0.29, 0.717) is 6.54 Å². The average Bonchev–Trinajstić information content (AvgIpc) is 2.91. The number of nitrogens with zero attached hydrogens (tertiary/aromatic N) is 4. The van der Waals surface area contributed by atoms with Crippen molar-refractivity contribution >= 4 is 11.7 Å². The molecule has 6 heteroatoms. The average molecular weight is 316 g/mol. The van der Waals surface area contributed by atoms with Crippen molar-refractivity contribution in [2.24, 2.45) is 0 Å². The zero-order chi connectivity index (χ0) is 16.6. The molecule has 2 aromatic heterocycles. The highest BCUT2D eigenvalue weighted by Crippen LogP contribution is 2.32. The molecule has 3 heterocycles. The maximum absolute atomic E-state index is 12.5. The Morgan fingerprint density at radius 1 is 1.35 bits per heavy atom. The Labute approximate surface area is 136 Å². The highest BCUT2D eigenvalue weighted by atomic mass is 16.6. The van der Waals surface area contributed by atoms with Crippen molar-refractivity contribution in [2.75, 3.05) is 6.54 Å². The number of ether oxygens (including phenoxy) is 1. The lowest BCUT2D eigenvalue weighted by Gasteiger charge is -2.35. The predicted molar refractivity (Wildman–Crippen MR) is 87.3 cm³/mol. The maximum Gasteiger partial charge on any atom is 0.410 e. The number of fused-ring (bicyclic) bond motifs is 1. The van der Waals surface area contributed by atoms with Crippen molar-refractivity contribution in [3.63, 3.8) is 0 Å². The van der Waals surface area contributed by atoms with E-state index in [1.54, 1.807) is 6.20 Å². The molecule has 0 N–H and O–H groups in total. The Balaban J connectivity index is 1.91. The van der Waals surface area contributed by atoms with Crippen molar-refractivity contribution < 1.29 is 9.53 Å². The van der Waals surface area contributed by atoms with E-state index in [2.05, 4.69) is 10.1 Å². The van der Waals surface area contributed by atoms with Crippen LogP contribution in [0.1, 0.15) is 57.5 Å². The zero-order valence-corrected chi connectivity index (χ0v) is 14.2. The standard InChI is InChI=1S/C17H24N4O2/c1-12-8-9-18-15-11-13(19-21(12)15)14-7-5-6-10-20(14)16(22)23-17(2,3)4/h8-9,11,14H,5-7,10H2,1-4H3. The van der Waals surface area contributed by atoms with E-state index in [4.69, 9.17) is 4.74 Å². The highest BCUT2D eigenvalue weighted by molar-refractivity contribution is 5.69. The Kier molecular flexibility index (Phi) is 4.00. The van der Waals surface area contributed by atoms with Gasteiger partial charge in [0.15, 0.2) is 5.65 Å². The molecule has 0 radical (unpaired) electrons. The summed E-state index contributed by atoms with van der Waals surface area (Å²) in [5, 5.41) is 4.67. The number of aromatic nitrogens is 3. The molecule has 1 aliphatic heterocycles. The molecule has 1 fully saturated rings. The molecule has 1 saturated heterocycles. The van der Waals surface area contributed by atoms with Crippen LogP contribution < -0.4 is 0 Å². The molecule has 1 aliphatic rings. The van der Waals surface area contributed by atoms with E-state index < -0.39 is 5.60 Å². The van der Waals surface area contributed by atoms with Gasteiger partial charge < -0.3 is 4.74 Å². The number of hydrogen-bond acceptors (Lipinski definition) is 4. The molecule has 1 amide bonds. The second kappa shape index (κ2) is 5.83. The Bertz CT molecular complexity index is 717. The van der Waals surface area contributed by atoms with E-state index in [0.717, 1.165) is 36.3 Å². The normalized spacial score (nSPS) is 19.1. The van der Waals surface area contributed by atoms with E-state index in [1.165, 1.54) is 0 Å². The second-order valence-corrected chi connectivity index (χ2v) is 7.11. The SMILES string of the molecule is Cc1ccnc2cc(C3CCCCN3C(=O)OC(C)(C)C)nn12. The van der Waals surface area contributed by atoms with E-state index in [-0.39, 0.29) is 12.1 Å². The van der Waals surface area contributed by atoms with Gasteiger partial charge in [-0.05, 0) is 53.0 Å². The van der Waals surface area contributed by atoms with Crippen molar-refractivity contribution in [2.45, 2.75) is 58.6 Å². The van der Waals surface area contributed by atoms with E-state index in [1.807, 2.05) is 49.2 Å². The van der Waals surface area contributed by atoms with Gasteiger partial charge in [-0.15, -0.1) is 0 Å². The first-order valence-electron chi connectivity index (χ1n) is 8.16. The fraction of sp³-hybridized carbons (Fsp3) is 0.588. The fourth-order valence-electron chi connectivity index (χ4n) is 2.97. The Hall–Kier alpha value is -2.11. The fourth-order valence-corrected chi connectivity index (χ4v) is 2.97. The molecule has 0 aromatic carbocycles. The highest BCUT2D eigenvalue weighted by Gasteiger charge is 2.33. The van der Waals surface area contributed by atoms with Crippen LogP contribution in [0, 0.1) is 6.92 Å². The summed E-state index contributed by atoms with van der Waals surface area (Å²) in [6, 6.07) is 3.86. The first kappa shape index (κ1) is 15.8. The van der Waals surface area contributed by atoms with Crippen LogP contribution in [0.3, 0.4) is 0 Å². The first-order valence-corrected chi connectivity index (χ1v) is 8.16. The predicted octanol–water partition coefficient (Wildman–Crippen LogP) is 3.50. The largest absolute Gasteiger partial charge is 0.444 e. The summed E-state index contributed by atoms with van der Waals surface area (Å²) in [4.78, 5) is 18.7. The van der Waals surface area contributed by atoms with Crippen LogP contribution in [0.4, 0.5) is 4.79 Å². The van der Waals surface area contributed by atoms with Gasteiger partial charge in [-0.2, -0.15) is 5.10 Å². The molecule has 6 nitrogen and oxygen atoms in total. The summed E-state index contributed by atoms with van der Waals surface area (Å²) in [6.45, 7) is 8.38. The van der Waals surface area contributed by atoms with Crippen LogP contribution >= 0.6 is 0 Å². The number of likely N-dealkylation sites (tertiary alicyclic amines) is 1. The molecule has 2 aromatic rings. The van der Waals surface area contributed by atoms with Crippen molar-refractivity contribution in [3.8, 4) is 0 Å². The van der Waals surface area contributed by atoms with Gasteiger partial charge in [0.25, 0.3) is 0 Å².